The first kappa shape index (κ1) is 19.4. The Morgan fingerprint density at radius 3 is 2.74 bits per heavy atom. The number of aromatic nitrogens is 4. The van der Waals surface area contributed by atoms with Gasteiger partial charge in [-0.2, -0.15) is 0 Å². The maximum atomic E-state index is 14.5. The fourth-order valence-electron chi connectivity index (χ4n) is 3.89. The van der Waals surface area contributed by atoms with E-state index in [1.807, 2.05) is 24.3 Å². The van der Waals surface area contributed by atoms with E-state index in [2.05, 4.69) is 25.5 Å². The van der Waals surface area contributed by atoms with Crippen LogP contribution in [-0.4, -0.2) is 56.7 Å². The second-order valence-electron chi connectivity index (χ2n) is 7.47. The van der Waals surface area contributed by atoms with Crippen LogP contribution in [0.1, 0.15) is 6.42 Å². The Kier molecular flexibility index (Phi) is 4.95. The minimum Gasteiger partial charge on any atom is -0.507 e. The average molecular weight is 421 g/mol. The fourth-order valence-corrected chi connectivity index (χ4v) is 3.89. The zero-order chi connectivity index (χ0) is 21.4. The van der Waals surface area contributed by atoms with Gasteiger partial charge in [0.05, 0.1) is 19.3 Å². The van der Waals surface area contributed by atoms with Gasteiger partial charge in [0.15, 0.2) is 6.17 Å². The first-order valence-electron chi connectivity index (χ1n) is 9.89. The highest BCUT2D eigenvalue weighted by molar-refractivity contribution is 5.74. The Balaban J connectivity index is 1.32. The molecule has 1 saturated heterocycles. The molecule has 2 aliphatic heterocycles. The quantitative estimate of drug-likeness (QED) is 0.607. The van der Waals surface area contributed by atoms with Crippen molar-refractivity contribution in [2.24, 2.45) is 0 Å². The lowest BCUT2D eigenvalue weighted by atomic mass is 9.99. The van der Waals surface area contributed by atoms with E-state index >= 15 is 0 Å². The van der Waals surface area contributed by atoms with Crippen LogP contribution < -0.4 is 14.8 Å². The molecule has 2 N–H and O–H groups in total. The van der Waals surface area contributed by atoms with Crippen molar-refractivity contribution in [2.45, 2.75) is 30.8 Å². The van der Waals surface area contributed by atoms with Gasteiger partial charge >= 0.3 is 6.01 Å². The van der Waals surface area contributed by atoms with Crippen LogP contribution in [0.5, 0.6) is 17.6 Å². The summed E-state index contributed by atoms with van der Waals surface area (Å²) in [4.78, 5) is 8.24. The highest BCUT2D eigenvalue weighted by atomic mass is 19.1. The average Bonchev–Trinajstić information content (AvgIpc) is 3.21. The summed E-state index contributed by atoms with van der Waals surface area (Å²) < 4.78 is 25.3. The summed E-state index contributed by atoms with van der Waals surface area (Å²) in [7, 11) is 1.55. The molecule has 158 valence electrons. The van der Waals surface area contributed by atoms with Crippen molar-refractivity contribution in [3.63, 3.8) is 0 Å². The molecule has 0 saturated carbocycles. The molecule has 31 heavy (non-hydrogen) atoms. The Bertz CT molecular complexity index is 1120. The van der Waals surface area contributed by atoms with E-state index in [-0.39, 0.29) is 23.8 Å². The van der Waals surface area contributed by atoms with Crippen molar-refractivity contribution in [3.8, 4) is 40.0 Å². The molecule has 2 unspecified atom stereocenters. The number of fused-ring (bicyclic) bond motifs is 2. The predicted octanol–water partition coefficient (Wildman–Crippen LogP) is 2.70. The maximum Gasteiger partial charge on any atom is 0.336 e. The number of hydrogen-bond donors (Lipinski definition) is 2. The Morgan fingerprint density at radius 2 is 1.97 bits per heavy atom. The van der Waals surface area contributed by atoms with Crippen LogP contribution in [0.4, 0.5) is 4.39 Å². The third kappa shape index (κ3) is 3.79. The van der Waals surface area contributed by atoms with E-state index in [1.54, 1.807) is 31.5 Å². The Labute approximate surface area is 177 Å². The summed E-state index contributed by atoms with van der Waals surface area (Å²) in [5, 5.41) is 21.8. The van der Waals surface area contributed by atoms with E-state index in [1.165, 1.54) is 6.20 Å². The fraction of sp³-hybridized carbons (Fsp3) is 0.273. The monoisotopic (exact) mass is 421 g/mol. The number of aromatic hydroxyl groups is 1. The number of hydrogen-bond acceptors (Lipinski definition) is 8. The second kappa shape index (κ2) is 7.92. The molecule has 0 amide bonds. The number of nitrogens with zero attached hydrogens (tertiary/aromatic N) is 4. The van der Waals surface area contributed by atoms with Gasteiger partial charge < -0.3 is 19.9 Å². The molecule has 8 nitrogen and oxygen atoms in total. The minimum atomic E-state index is -1.18. The summed E-state index contributed by atoms with van der Waals surface area (Å²) in [6, 6.07) is 8.59. The van der Waals surface area contributed by atoms with Crippen molar-refractivity contribution in [2.75, 3.05) is 7.11 Å². The predicted molar refractivity (Wildman–Crippen MR) is 110 cm³/mol. The smallest absolute Gasteiger partial charge is 0.336 e. The van der Waals surface area contributed by atoms with Crippen LogP contribution in [0.2, 0.25) is 0 Å². The lowest BCUT2D eigenvalue weighted by Gasteiger charge is -2.32. The van der Waals surface area contributed by atoms with E-state index in [0.29, 0.717) is 23.6 Å². The summed E-state index contributed by atoms with van der Waals surface area (Å²) in [5.41, 5.74) is 2.51. The highest BCUT2D eigenvalue weighted by Crippen LogP contribution is 2.33. The molecule has 1 aromatic carbocycles. The number of pyridine rings is 1. The van der Waals surface area contributed by atoms with Crippen molar-refractivity contribution in [1.82, 2.24) is 25.5 Å². The number of benzene rings is 1. The number of alkyl halides is 1. The van der Waals surface area contributed by atoms with E-state index in [4.69, 9.17) is 9.47 Å². The van der Waals surface area contributed by atoms with Crippen LogP contribution in [0.3, 0.4) is 0 Å². The van der Waals surface area contributed by atoms with Gasteiger partial charge in [-0.3, -0.25) is 0 Å². The topological polar surface area (TPSA) is 102 Å². The third-order valence-electron chi connectivity index (χ3n) is 5.49. The molecule has 5 rings (SSSR count). The maximum absolute atomic E-state index is 14.5. The molecular weight excluding hydrogens is 401 g/mol. The van der Waals surface area contributed by atoms with Gasteiger partial charge in [0, 0.05) is 30.3 Å². The molecule has 9 heteroatoms. The molecule has 2 aliphatic rings. The largest absolute Gasteiger partial charge is 0.507 e. The van der Waals surface area contributed by atoms with Crippen LogP contribution in [-0.2, 0) is 0 Å². The number of piperidine rings is 1. The van der Waals surface area contributed by atoms with Crippen molar-refractivity contribution < 1.29 is 19.0 Å². The molecule has 0 spiro atoms. The summed E-state index contributed by atoms with van der Waals surface area (Å²) in [5.74, 6) is 0.516. The van der Waals surface area contributed by atoms with Gasteiger partial charge in [-0.15, -0.1) is 5.10 Å². The van der Waals surface area contributed by atoms with Gasteiger partial charge in [0.25, 0.3) is 0 Å². The summed E-state index contributed by atoms with van der Waals surface area (Å²) in [6.07, 6.45) is 5.56. The van der Waals surface area contributed by atoms with E-state index in [9.17, 15) is 9.50 Å². The van der Waals surface area contributed by atoms with Gasteiger partial charge in [-0.05, 0) is 29.3 Å². The Morgan fingerprint density at radius 1 is 1.10 bits per heavy atom. The second-order valence-corrected chi connectivity index (χ2v) is 7.47. The number of nitrogens with one attached hydrogen (secondary N) is 1. The molecule has 0 radical (unpaired) electrons. The van der Waals surface area contributed by atoms with Gasteiger partial charge in [0.2, 0.25) is 5.88 Å². The third-order valence-corrected chi connectivity index (χ3v) is 5.49. The lowest BCUT2D eigenvalue weighted by molar-refractivity contribution is 0.0438. The number of rotatable bonds is 5. The SMILES string of the molecule is COc1cc(-c2ccc(-c3cnc(O[C@@H]4CC5C=CC(N5)[C@@H]4F)nn3)c(O)c2)ccn1. The molecule has 4 atom stereocenters. The summed E-state index contributed by atoms with van der Waals surface area (Å²) in [6.45, 7) is 0. The van der Waals surface area contributed by atoms with Crippen LogP contribution >= 0.6 is 0 Å². The van der Waals surface area contributed by atoms with Crippen molar-refractivity contribution in [3.05, 3.63) is 54.9 Å². The molecule has 2 aromatic heterocycles. The van der Waals surface area contributed by atoms with E-state index < -0.39 is 12.3 Å². The van der Waals surface area contributed by atoms with Crippen LogP contribution in [0.15, 0.2) is 54.9 Å². The number of methoxy groups -OCH3 is 1. The summed E-state index contributed by atoms with van der Waals surface area (Å²) >= 11 is 0. The van der Waals surface area contributed by atoms with Crippen molar-refractivity contribution in [1.29, 1.82) is 0 Å². The van der Waals surface area contributed by atoms with Crippen molar-refractivity contribution >= 4 is 0 Å². The highest BCUT2D eigenvalue weighted by Gasteiger charge is 2.40. The number of ether oxygens (including phenoxy) is 2. The van der Waals surface area contributed by atoms with Crippen LogP contribution in [0.25, 0.3) is 22.4 Å². The first-order valence-corrected chi connectivity index (χ1v) is 9.89. The van der Waals surface area contributed by atoms with Gasteiger partial charge in [-0.25, -0.2) is 14.4 Å². The number of phenols is 1. The lowest BCUT2D eigenvalue weighted by Crippen LogP contribution is -2.52. The Hall–Kier alpha value is -3.59. The zero-order valence-corrected chi connectivity index (χ0v) is 16.6. The van der Waals surface area contributed by atoms with Crippen LogP contribution in [0, 0.1) is 0 Å². The van der Waals surface area contributed by atoms with E-state index in [0.717, 1.165) is 11.1 Å². The molecule has 0 aliphatic carbocycles. The molecule has 3 aromatic rings. The molecule has 1 fully saturated rings. The number of halogens is 1. The minimum absolute atomic E-state index is 0.0118. The molecular formula is C22H20FN5O3. The molecule has 4 heterocycles. The van der Waals surface area contributed by atoms with Gasteiger partial charge in [-0.1, -0.05) is 23.3 Å². The standard InChI is InChI=1S/C22H20FN5O3/c1-30-20-9-13(6-7-24-20)12-2-4-15(18(29)8-12)17-11-25-22(28-27-17)31-19-10-14-3-5-16(26-14)21(19)23/h2-9,11,14,16,19,21,26,29H,10H2,1H3/t14?,16?,19-,21+/m1/s1. The number of phenolic OH excluding ortho intramolecular Hbond substituents is 1. The first-order chi connectivity index (χ1) is 15.1. The zero-order valence-electron chi connectivity index (χ0n) is 16.6. The van der Waals surface area contributed by atoms with Gasteiger partial charge in [0.1, 0.15) is 17.5 Å². The molecule has 2 bridgehead atoms. The normalized spacial score (nSPS) is 24.2.